The van der Waals surface area contributed by atoms with Gasteiger partial charge in [-0.3, -0.25) is 0 Å². The Morgan fingerprint density at radius 2 is 2.14 bits per heavy atom. The molecule has 1 aliphatic rings. The topological polar surface area (TPSA) is 29.5 Å². The lowest BCUT2D eigenvalue weighted by molar-refractivity contribution is -0.0992. The number of halogens is 2. The van der Waals surface area contributed by atoms with Crippen LogP contribution in [0, 0.1) is 5.92 Å². The minimum absolute atomic E-state index is 0.386. The lowest BCUT2D eigenvalue weighted by atomic mass is 9.84. The Morgan fingerprint density at radius 1 is 1.43 bits per heavy atom. The molecular formula is C10H18F2O2. The van der Waals surface area contributed by atoms with E-state index in [1.54, 1.807) is 0 Å². The van der Waals surface area contributed by atoms with E-state index in [9.17, 15) is 13.9 Å². The Hall–Kier alpha value is -0.220. The number of ether oxygens (including phenoxy) is 1. The molecular weight excluding hydrogens is 190 g/mol. The smallest absolute Gasteiger partial charge is 0.261 e. The van der Waals surface area contributed by atoms with Gasteiger partial charge < -0.3 is 9.84 Å². The number of alkyl halides is 2. The summed E-state index contributed by atoms with van der Waals surface area (Å²) in [4.78, 5) is 0. The molecule has 3 atom stereocenters. The van der Waals surface area contributed by atoms with Crippen LogP contribution >= 0.6 is 0 Å². The van der Waals surface area contributed by atoms with E-state index in [1.807, 2.05) is 0 Å². The summed E-state index contributed by atoms with van der Waals surface area (Å²) >= 11 is 0. The molecule has 0 aromatic rings. The first-order valence-electron chi connectivity index (χ1n) is 5.21. The summed E-state index contributed by atoms with van der Waals surface area (Å²) in [6.45, 7) is 1.52. The van der Waals surface area contributed by atoms with Gasteiger partial charge in [-0.2, -0.15) is 0 Å². The Morgan fingerprint density at radius 3 is 2.71 bits per heavy atom. The highest BCUT2D eigenvalue weighted by Gasteiger charge is 2.29. The van der Waals surface area contributed by atoms with Gasteiger partial charge in [-0.25, -0.2) is 8.78 Å². The van der Waals surface area contributed by atoms with Crippen LogP contribution in [0.2, 0.25) is 0 Å². The standard InChI is InChI=1S/C10H18F2O2/c1-2-7-3-4-8(13)9(5-7)14-6-10(11)12/h7-10,13H,2-6H2,1H3. The van der Waals surface area contributed by atoms with Gasteiger partial charge in [-0.05, 0) is 25.2 Å². The molecule has 3 unspecified atom stereocenters. The fourth-order valence-corrected chi connectivity index (χ4v) is 1.94. The van der Waals surface area contributed by atoms with Crippen LogP contribution < -0.4 is 0 Å². The van der Waals surface area contributed by atoms with Gasteiger partial charge in [0, 0.05) is 0 Å². The fraction of sp³-hybridized carbons (Fsp3) is 1.00. The highest BCUT2D eigenvalue weighted by molar-refractivity contribution is 4.79. The second-order valence-corrected chi connectivity index (χ2v) is 3.92. The fourth-order valence-electron chi connectivity index (χ4n) is 1.94. The summed E-state index contributed by atoms with van der Waals surface area (Å²) in [6, 6.07) is 0. The molecule has 0 aromatic heterocycles. The van der Waals surface area contributed by atoms with E-state index in [1.165, 1.54) is 0 Å². The minimum atomic E-state index is -2.44. The number of hydrogen-bond acceptors (Lipinski definition) is 2. The Bertz CT molecular complexity index is 164. The van der Waals surface area contributed by atoms with Crippen LogP contribution in [0.25, 0.3) is 0 Å². The monoisotopic (exact) mass is 208 g/mol. The molecule has 0 bridgehead atoms. The highest BCUT2D eigenvalue weighted by Crippen LogP contribution is 2.28. The van der Waals surface area contributed by atoms with Crippen molar-refractivity contribution < 1.29 is 18.6 Å². The summed E-state index contributed by atoms with van der Waals surface area (Å²) in [6.07, 6.45) is 0.00743. The Labute approximate surface area is 83.3 Å². The number of rotatable bonds is 4. The van der Waals surface area contributed by atoms with Gasteiger partial charge in [0.25, 0.3) is 6.43 Å². The van der Waals surface area contributed by atoms with Crippen LogP contribution in [-0.2, 0) is 4.74 Å². The summed E-state index contributed by atoms with van der Waals surface area (Å²) in [5, 5.41) is 9.53. The predicted molar refractivity (Wildman–Crippen MR) is 49.4 cm³/mol. The zero-order valence-electron chi connectivity index (χ0n) is 8.46. The third-order valence-corrected chi connectivity index (χ3v) is 2.88. The largest absolute Gasteiger partial charge is 0.390 e. The summed E-state index contributed by atoms with van der Waals surface area (Å²) in [5.74, 6) is 0.515. The van der Waals surface area contributed by atoms with E-state index < -0.39 is 19.1 Å². The van der Waals surface area contributed by atoms with Gasteiger partial charge in [-0.15, -0.1) is 0 Å². The number of aliphatic hydroxyl groups is 1. The Balaban J connectivity index is 2.32. The average Bonchev–Trinajstić information content (AvgIpc) is 2.16. The van der Waals surface area contributed by atoms with Crippen LogP contribution in [0.4, 0.5) is 8.78 Å². The Kier molecular flexibility index (Phi) is 4.75. The maximum Gasteiger partial charge on any atom is 0.261 e. The normalized spacial score (nSPS) is 33.6. The zero-order chi connectivity index (χ0) is 10.6. The molecule has 0 heterocycles. The van der Waals surface area contributed by atoms with Crippen LogP contribution in [-0.4, -0.2) is 30.3 Å². The van der Waals surface area contributed by atoms with E-state index >= 15 is 0 Å². The van der Waals surface area contributed by atoms with Crippen molar-refractivity contribution in [2.24, 2.45) is 5.92 Å². The predicted octanol–water partition coefficient (Wildman–Crippen LogP) is 2.21. The highest BCUT2D eigenvalue weighted by atomic mass is 19.3. The van der Waals surface area contributed by atoms with Crippen molar-refractivity contribution in [1.29, 1.82) is 0 Å². The van der Waals surface area contributed by atoms with Crippen molar-refractivity contribution in [2.75, 3.05) is 6.61 Å². The lowest BCUT2D eigenvalue weighted by Crippen LogP contribution is -2.36. The van der Waals surface area contributed by atoms with Gasteiger partial charge in [0.1, 0.15) is 6.61 Å². The molecule has 1 N–H and O–H groups in total. The first-order valence-corrected chi connectivity index (χ1v) is 5.21. The van der Waals surface area contributed by atoms with Gasteiger partial charge in [0.15, 0.2) is 0 Å². The molecule has 1 rings (SSSR count). The number of hydrogen-bond donors (Lipinski definition) is 1. The molecule has 0 aromatic carbocycles. The van der Waals surface area contributed by atoms with Gasteiger partial charge in [-0.1, -0.05) is 13.3 Å². The first kappa shape index (κ1) is 11.9. The third kappa shape index (κ3) is 3.50. The van der Waals surface area contributed by atoms with E-state index in [0.717, 1.165) is 12.8 Å². The first-order chi connectivity index (χ1) is 6.63. The van der Waals surface area contributed by atoms with Gasteiger partial charge in [0.05, 0.1) is 12.2 Å². The van der Waals surface area contributed by atoms with E-state index in [-0.39, 0.29) is 6.10 Å². The van der Waals surface area contributed by atoms with Crippen molar-refractivity contribution >= 4 is 0 Å². The second-order valence-electron chi connectivity index (χ2n) is 3.92. The maximum absolute atomic E-state index is 11.9. The van der Waals surface area contributed by atoms with Crippen molar-refractivity contribution in [1.82, 2.24) is 0 Å². The molecule has 0 radical (unpaired) electrons. The van der Waals surface area contributed by atoms with Crippen molar-refractivity contribution in [3.8, 4) is 0 Å². The van der Waals surface area contributed by atoms with Crippen molar-refractivity contribution in [3.05, 3.63) is 0 Å². The van der Waals surface area contributed by atoms with Crippen molar-refractivity contribution in [2.45, 2.75) is 51.2 Å². The summed E-state index contributed by atoms with van der Waals surface area (Å²) in [5.41, 5.74) is 0. The van der Waals surface area contributed by atoms with Crippen LogP contribution in [0.5, 0.6) is 0 Å². The number of aliphatic hydroxyl groups excluding tert-OH is 1. The van der Waals surface area contributed by atoms with Crippen LogP contribution in [0.3, 0.4) is 0 Å². The quantitative estimate of drug-likeness (QED) is 0.767. The average molecular weight is 208 g/mol. The molecule has 0 amide bonds. The molecule has 1 fully saturated rings. The molecule has 84 valence electrons. The van der Waals surface area contributed by atoms with Crippen LogP contribution in [0.1, 0.15) is 32.6 Å². The van der Waals surface area contributed by atoms with Gasteiger partial charge in [0.2, 0.25) is 0 Å². The maximum atomic E-state index is 11.9. The zero-order valence-corrected chi connectivity index (χ0v) is 8.46. The molecule has 1 saturated carbocycles. The SMILES string of the molecule is CCC1CCC(O)C(OCC(F)F)C1. The summed E-state index contributed by atoms with van der Waals surface area (Å²) < 4.78 is 28.8. The molecule has 0 saturated heterocycles. The molecule has 2 nitrogen and oxygen atoms in total. The molecule has 0 aliphatic heterocycles. The van der Waals surface area contributed by atoms with E-state index in [4.69, 9.17) is 4.74 Å². The molecule has 0 spiro atoms. The molecule has 1 aliphatic carbocycles. The molecule has 4 heteroatoms. The second kappa shape index (κ2) is 5.61. The van der Waals surface area contributed by atoms with E-state index in [2.05, 4.69) is 6.92 Å². The van der Waals surface area contributed by atoms with Crippen LogP contribution in [0.15, 0.2) is 0 Å². The molecule has 14 heavy (non-hydrogen) atoms. The van der Waals surface area contributed by atoms with Gasteiger partial charge >= 0.3 is 0 Å². The summed E-state index contributed by atoms with van der Waals surface area (Å²) in [7, 11) is 0. The minimum Gasteiger partial charge on any atom is -0.390 e. The lowest BCUT2D eigenvalue weighted by Gasteiger charge is -2.32. The third-order valence-electron chi connectivity index (χ3n) is 2.88. The van der Waals surface area contributed by atoms with Crippen molar-refractivity contribution in [3.63, 3.8) is 0 Å². The van der Waals surface area contributed by atoms with E-state index in [0.29, 0.717) is 18.8 Å².